The molecular weight excluding hydrogens is 254 g/mol. The molecule has 1 unspecified atom stereocenters. The molecule has 1 aromatic rings. The zero-order valence-corrected chi connectivity index (χ0v) is 12.5. The normalized spacial score (nSPS) is 19.9. The molecule has 1 atom stereocenters. The minimum atomic E-state index is -0.0433. The highest BCUT2D eigenvalue weighted by molar-refractivity contribution is 5.29. The summed E-state index contributed by atoms with van der Waals surface area (Å²) in [6.45, 7) is 7.27. The van der Waals surface area contributed by atoms with Gasteiger partial charge in [-0.3, -0.25) is 4.90 Å². The Balaban J connectivity index is 1.99. The van der Waals surface area contributed by atoms with Crippen LogP contribution in [0.15, 0.2) is 18.5 Å². The molecule has 1 aliphatic rings. The van der Waals surface area contributed by atoms with Crippen molar-refractivity contribution in [3.8, 4) is 0 Å². The highest BCUT2D eigenvalue weighted by Gasteiger charge is 2.36. The summed E-state index contributed by atoms with van der Waals surface area (Å²) in [4.78, 5) is 13.3. The van der Waals surface area contributed by atoms with E-state index in [1.807, 2.05) is 6.07 Å². The minimum Gasteiger partial charge on any atom is -0.383 e. The van der Waals surface area contributed by atoms with Gasteiger partial charge in [-0.25, -0.2) is 9.97 Å². The smallest absolute Gasteiger partial charge is 0.225 e. The largest absolute Gasteiger partial charge is 0.383 e. The number of aromatic nitrogens is 2. The molecule has 0 amide bonds. The lowest BCUT2D eigenvalue weighted by atomic mass is 9.94. The quantitative estimate of drug-likeness (QED) is 0.810. The first-order valence-corrected chi connectivity index (χ1v) is 7.22. The van der Waals surface area contributed by atoms with E-state index in [9.17, 15) is 0 Å². The first kappa shape index (κ1) is 15.2. The van der Waals surface area contributed by atoms with Gasteiger partial charge in [0.05, 0.1) is 12.1 Å². The standard InChI is InChI=1S/C14H25N5O/c1-3-14(11-15,12-20-2)19-9-7-18(8-10-19)13-16-5-4-6-17-13/h4-6H,3,7-12,15H2,1-2H3. The highest BCUT2D eigenvalue weighted by atomic mass is 16.5. The molecule has 1 aromatic heterocycles. The predicted octanol–water partition coefficient (Wildman–Crippen LogP) is 0.353. The van der Waals surface area contributed by atoms with Crippen LogP contribution in [0.25, 0.3) is 0 Å². The molecule has 2 N–H and O–H groups in total. The molecule has 6 nitrogen and oxygen atoms in total. The summed E-state index contributed by atoms with van der Waals surface area (Å²) in [5, 5.41) is 0. The van der Waals surface area contributed by atoms with Crippen molar-refractivity contribution in [1.82, 2.24) is 14.9 Å². The summed E-state index contributed by atoms with van der Waals surface area (Å²) in [6.07, 6.45) is 4.57. The van der Waals surface area contributed by atoms with E-state index >= 15 is 0 Å². The van der Waals surface area contributed by atoms with E-state index in [1.165, 1.54) is 0 Å². The van der Waals surface area contributed by atoms with Crippen molar-refractivity contribution in [1.29, 1.82) is 0 Å². The summed E-state index contributed by atoms with van der Waals surface area (Å²) in [6, 6.07) is 1.84. The van der Waals surface area contributed by atoms with Gasteiger partial charge in [0.25, 0.3) is 0 Å². The molecule has 1 fully saturated rings. The topological polar surface area (TPSA) is 67.5 Å². The van der Waals surface area contributed by atoms with Gasteiger partial charge in [-0.1, -0.05) is 6.92 Å². The molecule has 0 spiro atoms. The van der Waals surface area contributed by atoms with Crippen LogP contribution in [0.2, 0.25) is 0 Å². The summed E-state index contributed by atoms with van der Waals surface area (Å²) in [5.41, 5.74) is 5.98. The molecule has 112 valence electrons. The van der Waals surface area contributed by atoms with Crippen LogP contribution in [-0.4, -0.2) is 66.8 Å². The zero-order chi connectivity index (χ0) is 14.4. The third-order valence-corrected chi connectivity index (χ3v) is 4.24. The van der Waals surface area contributed by atoms with Crippen molar-refractivity contribution in [2.45, 2.75) is 18.9 Å². The third-order valence-electron chi connectivity index (χ3n) is 4.24. The fourth-order valence-electron chi connectivity index (χ4n) is 2.85. The number of nitrogens with zero attached hydrogens (tertiary/aromatic N) is 4. The predicted molar refractivity (Wildman–Crippen MR) is 79.8 cm³/mol. The number of nitrogens with two attached hydrogens (primary N) is 1. The van der Waals surface area contributed by atoms with Crippen molar-refractivity contribution in [2.24, 2.45) is 5.73 Å². The molecule has 1 aliphatic heterocycles. The second-order valence-electron chi connectivity index (χ2n) is 5.24. The van der Waals surface area contributed by atoms with Crippen LogP contribution in [-0.2, 0) is 4.74 Å². The van der Waals surface area contributed by atoms with Crippen LogP contribution in [0.4, 0.5) is 5.95 Å². The van der Waals surface area contributed by atoms with Gasteiger partial charge in [-0.05, 0) is 12.5 Å². The van der Waals surface area contributed by atoms with Gasteiger partial charge in [0, 0.05) is 52.2 Å². The molecule has 0 aliphatic carbocycles. The van der Waals surface area contributed by atoms with Crippen LogP contribution in [0.1, 0.15) is 13.3 Å². The molecular formula is C14H25N5O. The van der Waals surface area contributed by atoms with Gasteiger partial charge in [0.15, 0.2) is 0 Å². The molecule has 0 saturated carbocycles. The van der Waals surface area contributed by atoms with Crippen molar-refractivity contribution in [2.75, 3.05) is 51.3 Å². The Hall–Kier alpha value is -1.24. The van der Waals surface area contributed by atoms with E-state index < -0.39 is 0 Å². The lowest BCUT2D eigenvalue weighted by Gasteiger charge is -2.46. The maximum absolute atomic E-state index is 6.02. The van der Waals surface area contributed by atoms with Gasteiger partial charge in [0.1, 0.15) is 0 Å². The fourth-order valence-corrected chi connectivity index (χ4v) is 2.85. The SMILES string of the molecule is CCC(CN)(COC)N1CCN(c2ncccn2)CC1. The number of anilines is 1. The Morgan fingerprint density at radius 1 is 1.25 bits per heavy atom. The lowest BCUT2D eigenvalue weighted by Crippen LogP contribution is -2.62. The van der Waals surface area contributed by atoms with E-state index in [2.05, 4.69) is 26.7 Å². The van der Waals surface area contributed by atoms with Gasteiger partial charge in [-0.15, -0.1) is 0 Å². The summed E-state index contributed by atoms with van der Waals surface area (Å²) in [5.74, 6) is 0.814. The number of hydrogen-bond acceptors (Lipinski definition) is 6. The second-order valence-corrected chi connectivity index (χ2v) is 5.24. The van der Waals surface area contributed by atoms with Crippen molar-refractivity contribution >= 4 is 5.95 Å². The summed E-state index contributed by atoms with van der Waals surface area (Å²) < 4.78 is 5.39. The average molecular weight is 279 g/mol. The first-order valence-electron chi connectivity index (χ1n) is 7.22. The molecule has 2 rings (SSSR count). The number of piperazine rings is 1. The molecule has 6 heteroatoms. The van der Waals surface area contributed by atoms with E-state index in [4.69, 9.17) is 10.5 Å². The van der Waals surface area contributed by atoms with Gasteiger partial charge < -0.3 is 15.4 Å². The van der Waals surface area contributed by atoms with E-state index in [0.717, 1.165) is 38.5 Å². The Labute approximate surface area is 120 Å². The zero-order valence-electron chi connectivity index (χ0n) is 12.5. The van der Waals surface area contributed by atoms with Crippen LogP contribution in [0.5, 0.6) is 0 Å². The molecule has 20 heavy (non-hydrogen) atoms. The lowest BCUT2D eigenvalue weighted by molar-refractivity contribution is 0.00841. The number of hydrogen-bond donors (Lipinski definition) is 1. The molecule has 0 radical (unpaired) electrons. The number of rotatable bonds is 6. The molecule has 0 aromatic carbocycles. The van der Waals surface area contributed by atoms with Crippen LogP contribution in [0, 0.1) is 0 Å². The van der Waals surface area contributed by atoms with Gasteiger partial charge >= 0.3 is 0 Å². The highest BCUT2D eigenvalue weighted by Crippen LogP contribution is 2.22. The summed E-state index contributed by atoms with van der Waals surface area (Å²) in [7, 11) is 1.74. The first-order chi connectivity index (χ1) is 9.75. The third kappa shape index (κ3) is 3.08. The molecule has 2 heterocycles. The maximum Gasteiger partial charge on any atom is 0.225 e. The maximum atomic E-state index is 6.02. The number of methoxy groups -OCH3 is 1. The number of ether oxygens (including phenoxy) is 1. The monoisotopic (exact) mass is 279 g/mol. The molecule has 0 bridgehead atoms. The summed E-state index contributed by atoms with van der Waals surface area (Å²) >= 11 is 0. The Morgan fingerprint density at radius 3 is 2.40 bits per heavy atom. The van der Waals surface area contributed by atoms with Crippen molar-refractivity contribution < 1.29 is 4.74 Å². The van der Waals surface area contributed by atoms with E-state index in [-0.39, 0.29) is 5.54 Å². The Kier molecular flexibility index (Phi) is 5.28. The van der Waals surface area contributed by atoms with Crippen molar-refractivity contribution in [3.05, 3.63) is 18.5 Å². The molecule has 1 saturated heterocycles. The van der Waals surface area contributed by atoms with E-state index in [1.54, 1.807) is 19.5 Å². The Bertz CT molecular complexity index is 388. The van der Waals surface area contributed by atoms with E-state index in [0.29, 0.717) is 13.2 Å². The Morgan fingerprint density at radius 2 is 1.90 bits per heavy atom. The van der Waals surface area contributed by atoms with Crippen LogP contribution >= 0.6 is 0 Å². The van der Waals surface area contributed by atoms with Crippen LogP contribution in [0.3, 0.4) is 0 Å². The van der Waals surface area contributed by atoms with Gasteiger partial charge in [-0.2, -0.15) is 0 Å². The van der Waals surface area contributed by atoms with Crippen molar-refractivity contribution in [3.63, 3.8) is 0 Å². The van der Waals surface area contributed by atoms with Gasteiger partial charge in [0.2, 0.25) is 5.95 Å². The fraction of sp³-hybridized carbons (Fsp3) is 0.714. The average Bonchev–Trinajstić information content (AvgIpc) is 2.54. The van der Waals surface area contributed by atoms with Crippen LogP contribution < -0.4 is 10.6 Å². The minimum absolute atomic E-state index is 0.0433. The second kappa shape index (κ2) is 6.97.